The molecule has 0 spiro atoms. The molecule has 0 aliphatic carbocycles. The second-order valence-electron chi connectivity index (χ2n) is 7.28. The number of nitrogens with zero attached hydrogens (tertiary/aromatic N) is 1. The number of nitrogens with one attached hydrogen (secondary N) is 2. The van der Waals surface area contributed by atoms with E-state index in [2.05, 4.69) is 22.5 Å². The maximum atomic E-state index is 13.8. The SMILES string of the molecule is CC(CNC(=O)NCc1ccc(-c2ccccc2F)o1)CN1CCCCC1. The Balaban J connectivity index is 1.40. The normalized spacial score (nSPS) is 16.1. The van der Waals surface area contributed by atoms with Crippen LogP contribution in [-0.4, -0.2) is 37.1 Å². The summed E-state index contributed by atoms with van der Waals surface area (Å²) < 4.78 is 19.4. The molecule has 0 radical (unpaired) electrons. The van der Waals surface area contributed by atoms with Crippen molar-refractivity contribution in [1.29, 1.82) is 0 Å². The van der Waals surface area contributed by atoms with Gasteiger partial charge in [-0.3, -0.25) is 0 Å². The molecule has 2 heterocycles. The van der Waals surface area contributed by atoms with Crippen LogP contribution >= 0.6 is 0 Å². The third kappa shape index (κ3) is 5.82. The topological polar surface area (TPSA) is 57.5 Å². The van der Waals surface area contributed by atoms with Gasteiger partial charge < -0.3 is 20.0 Å². The maximum absolute atomic E-state index is 13.8. The molecule has 1 aliphatic heterocycles. The van der Waals surface area contributed by atoms with Gasteiger partial charge in [-0.15, -0.1) is 0 Å². The lowest BCUT2D eigenvalue weighted by Crippen LogP contribution is -2.41. The van der Waals surface area contributed by atoms with Gasteiger partial charge in [0.15, 0.2) is 0 Å². The molecule has 2 aromatic rings. The Bertz CT molecular complexity index is 741. The van der Waals surface area contributed by atoms with E-state index in [1.54, 1.807) is 30.3 Å². The number of amides is 2. The number of rotatable bonds is 7. The van der Waals surface area contributed by atoms with Crippen molar-refractivity contribution < 1.29 is 13.6 Å². The molecule has 27 heavy (non-hydrogen) atoms. The van der Waals surface area contributed by atoms with Crippen molar-refractivity contribution in [2.24, 2.45) is 5.92 Å². The smallest absolute Gasteiger partial charge is 0.315 e. The van der Waals surface area contributed by atoms with Crippen LogP contribution in [0.5, 0.6) is 0 Å². The van der Waals surface area contributed by atoms with Crippen LogP contribution < -0.4 is 10.6 Å². The lowest BCUT2D eigenvalue weighted by atomic mass is 10.1. The van der Waals surface area contributed by atoms with Gasteiger partial charge in [0.25, 0.3) is 0 Å². The van der Waals surface area contributed by atoms with E-state index in [1.165, 1.54) is 38.4 Å². The molecule has 1 fully saturated rings. The molecule has 1 aromatic carbocycles. The minimum absolute atomic E-state index is 0.218. The molecular formula is C21H28FN3O2. The number of likely N-dealkylation sites (tertiary alicyclic amines) is 1. The molecule has 2 amide bonds. The first-order chi connectivity index (χ1) is 13.1. The summed E-state index contributed by atoms with van der Waals surface area (Å²) in [7, 11) is 0. The Morgan fingerprint density at radius 2 is 1.93 bits per heavy atom. The van der Waals surface area contributed by atoms with Gasteiger partial charge >= 0.3 is 6.03 Å². The zero-order valence-corrected chi connectivity index (χ0v) is 15.8. The fraction of sp³-hybridized carbons (Fsp3) is 0.476. The van der Waals surface area contributed by atoms with E-state index in [-0.39, 0.29) is 18.4 Å². The van der Waals surface area contributed by atoms with Crippen molar-refractivity contribution >= 4 is 6.03 Å². The summed E-state index contributed by atoms with van der Waals surface area (Å²) in [5, 5.41) is 5.70. The van der Waals surface area contributed by atoms with E-state index in [4.69, 9.17) is 4.42 Å². The van der Waals surface area contributed by atoms with Crippen LogP contribution in [-0.2, 0) is 6.54 Å². The molecule has 1 aromatic heterocycles. The van der Waals surface area contributed by atoms with Crippen LogP contribution in [0.3, 0.4) is 0 Å². The molecule has 0 saturated carbocycles. The van der Waals surface area contributed by atoms with E-state index < -0.39 is 0 Å². The van der Waals surface area contributed by atoms with E-state index in [0.717, 1.165) is 6.54 Å². The molecule has 6 heteroatoms. The molecule has 1 aliphatic rings. The number of furan rings is 1. The Hall–Kier alpha value is -2.34. The van der Waals surface area contributed by atoms with Crippen molar-refractivity contribution in [2.75, 3.05) is 26.2 Å². The standard InChI is InChI=1S/C21H28FN3O2/c1-16(15-25-11-5-2-6-12-25)13-23-21(26)24-14-17-9-10-20(27-17)18-7-3-4-8-19(18)22/h3-4,7-10,16H,2,5-6,11-15H2,1H3,(H2,23,24,26). The van der Waals surface area contributed by atoms with Crippen molar-refractivity contribution in [1.82, 2.24) is 15.5 Å². The van der Waals surface area contributed by atoms with Gasteiger partial charge in [-0.25, -0.2) is 9.18 Å². The van der Waals surface area contributed by atoms with E-state index in [9.17, 15) is 9.18 Å². The quantitative estimate of drug-likeness (QED) is 0.771. The van der Waals surface area contributed by atoms with Crippen molar-refractivity contribution in [3.63, 3.8) is 0 Å². The zero-order valence-electron chi connectivity index (χ0n) is 15.8. The van der Waals surface area contributed by atoms with Crippen LogP contribution in [0.1, 0.15) is 31.9 Å². The van der Waals surface area contributed by atoms with Gasteiger partial charge in [-0.1, -0.05) is 25.5 Å². The van der Waals surface area contributed by atoms with Crippen LogP contribution in [0.4, 0.5) is 9.18 Å². The molecule has 0 bridgehead atoms. The molecule has 146 valence electrons. The average molecular weight is 373 g/mol. The molecular weight excluding hydrogens is 345 g/mol. The fourth-order valence-electron chi connectivity index (χ4n) is 3.42. The first kappa shape index (κ1) is 19.4. The number of hydrogen-bond acceptors (Lipinski definition) is 3. The summed E-state index contributed by atoms with van der Waals surface area (Å²) in [5.74, 6) is 1.13. The molecule has 3 rings (SSSR count). The van der Waals surface area contributed by atoms with Gasteiger partial charge in [0.2, 0.25) is 0 Å². The maximum Gasteiger partial charge on any atom is 0.315 e. The van der Waals surface area contributed by atoms with Crippen LogP contribution in [0.2, 0.25) is 0 Å². The van der Waals surface area contributed by atoms with Gasteiger partial charge in [-0.2, -0.15) is 0 Å². The first-order valence-corrected chi connectivity index (χ1v) is 9.69. The van der Waals surface area contributed by atoms with E-state index in [1.807, 2.05) is 0 Å². The number of benzene rings is 1. The minimum atomic E-state index is -0.327. The Kier molecular flexibility index (Phi) is 6.87. The number of halogens is 1. The fourth-order valence-corrected chi connectivity index (χ4v) is 3.42. The summed E-state index contributed by atoms with van der Waals surface area (Å²) in [4.78, 5) is 14.5. The Morgan fingerprint density at radius 1 is 1.15 bits per heavy atom. The first-order valence-electron chi connectivity index (χ1n) is 9.69. The predicted octanol–water partition coefficient (Wildman–Crippen LogP) is 4.01. The Morgan fingerprint density at radius 3 is 2.70 bits per heavy atom. The lowest BCUT2D eigenvalue weighted by molar-refractivity contribution is 0.197. The lowest BCUT2D eigenvalue weighted by Gasteiger charge is -2.29. The van der Waals surface area contributed by atoms with Crippen LogP contribution in [0.25, 0.3) is 11.3 Å². The van der Waals surface area contributed by atoms with Gasteiger partial charge in [-0.05, 0) is 56.1 Å². The summed E-state index contributed by atoms with van der Waals surface area (Å²) >= 11 is 0. The minimum Gasteiger partial charge on any atom is -0.459 e. The van der Waals surface area contributed by atoms with Crippen LogP contribution in [0.15, 0.2) is 40.8 Å². The zero-order chi connectivity index (χ0) is 19.1. The second kappa shape index (κ2) is 9.55. The van der Waals surface area contributed by atoms with Crippen molar-refractivity contribution in [3.05, 3.63) is 48.0 Å². The molecule has 1 unspecified atom stereocenters. The highest BCUT2D eigenvalue weighted by Gasteiger charge is 2.14. The largest absolute Gasteiger partial charge is 0.459 e. The number of piperidine rings is 1. The van der Waals surface area contributed by atoms with Gasteiger partial charge in [0, 0.05) is 13.1 Å². The predicted molar refractivity (Wildman–Crippen MR) is 104 cm³/mol. The number of carbonyl (C=O) groups excluding carboxylic acids is 1. The third-order valence-corrected chi connectivity index (χ3v) is 4.85. The van der Waals surface area contributed by atoms with Gasteiger partial charge in [0.1, 0.15) is 17.3 Å². The van der Waals surface area contributed by atoms with E-state index >= 15 is 0 Å². The second-order valence-corrected chi connectivity index (χ2v) is 7.28. The Labute approximate surface area is 159 Å². The summed E-state index contributed by atoms with van der Waals surface area (Å²) in [6.45, 7) is 6.41. The number of hydrogen-bond donors (Lipinski definition) is 2. The molecule has 1 saturated heterocycles. The summed E-state index contributed by atoms with van der Waals surface area (Å²) in [6.07, 6.45) is 3.88. The number of carbonyl (C=O) groups is 1. The summed E-state index contributed by atoms with van der Waals surface area (Å²) in [5.41, 5.74) is 0.416. The molecule has 5 nitrogen and oxygen atoms in total. The summed E-state index contributed by atoms with van der Waals surface area (Å²) in [6, 6.07) is 9.72. The monoisotopic (exact) mass is 373 g/mol. The van der Waals surface area contributed by atoms with Crippen LogP contribution in [0, 0.1) is 11.7 Å². The highest BCUT2D eigenvalue weighted by molar-refractivity contribution is 5.73. The van der Waals surface area contributed by atoms with Gasteiger partial charge in [0.05, 0.1) is 12.1 Å². The average Bonchev–Trinajstić information content (AvgIpc) is 3.15. The highest BCUT2D eigenvalue weighted by Crippen LogP contribution is 2.24. The van der Waals surface area contributed by atoms with Crippen molar-refractivity contribution in [3.8, 4) is 11.3 Å². The van der Waals surface area contributed by atoms with Crippen molar-refractivity contribution in [2.45, 2.75) is 32.7 Å². The number of urea groups is 1. The third-order valence-electron chi connectivity index (χ3n) is 4.85. The van der Waals surface area contributed by atoms with E-state index in [0.29, 0.717) is 29.5 Å². The highest BCUT2D eigenvalue weighted by atomic mass is 19.1. The molecule has 1 atom stereocenters. The molecule has 2 N–H and O–H groups in total.